The van der Waals surface area contributed by atoms with Crippen molar-refractivity contribution in [3.63, 3.8) is 0 Å². The summed E-state index contributed by atoms with van der Waals surface area (Å²) in [7, 11) is 0. The van der Waals surface area contributed by atoms with Crippen molar-refractivity contribution in [2.24, 2.45) is 0 Å². The number of unbranched alkanes of at least 4 members (excludes halogenated alkanes) is 1. The third-order valence-corrected chi connectivity index (χ3v) is 4.06. The van der Waals surface area contributed by atoms with Crippen LogP contribution in [0.1, 0.15) is 24.6 Å². The highest BCUT2D eigenvalue weighted by Gasteiger charge is 2.01. The minimum atomic E-state index is 0.802. The predicted octanol–water partition coefficient (Wildman–Crippen LogP) is 4.32. The number of thiophene rings is 1. The number of benzene rings is 1. The lowest BCUT2D eigenvalue weighted by Crippen LogP contribution is -2.18. The quantitative estimate of drug-likeness (QED) is 0.694. The van der Waals surface area contributed by atoms with E-state index in [1.165, 1.54) is 22.4 Å². The molecule has 0 aliphatic rings. The summed E-state index contributed by atoms with van der Waals surface area (Å²) in [5, 5.41) is 5.66. The minimum Gasteiger partial charge on any atom is -0.380 e. The molecule has 0 radical (unpaired) electrons. The van der Waals surface area contributed by atoms with Gasteiger partial charge in [0.15, 0.2) is 0 Å². The van der Waals surface area contributed by atoms with Crippen molar-refractivity contribution in [3.05, 3.63) is 46.7 Å². The molecular formula is C17H23NOS. The molecule has 0 bridgehead atoms. The topological polar surface area (TPSA) is 21.3 Å². The summed E-state index contributed by atoms with van der Waals surface area (Å²) in [6.07, 6.45) is 2.36. The Labute approximate surface area is 125 Å². The molecule has 0 saturated carbocycles. The molecule has 0 unspecified atom stereocenters. The number of hydrogen-bond acceptors (Lipinski definition) is 3. The zero-order valence-corrected chi connectivity index (χ0v) is 12.9. The average molecular weight is 289 g/mol. The maximum atomic E-state index is 5.53. The molecule has 0 atom stereocenters. The highest BCUT2D eigenvalue weighted by atomic mass is 32.1. The second-order valence-corrected chi connectivity index (χ2v) is 5.81. The van der Waals surface area contributed by atoms with E-state index < -0.39 is 0 Å². The first-order valence-electron chi connectivity index (χ1n) is 7.31. The molecule has 2 rings (SSSR count). The smallest absolute Gasteiger partial charge is 0.0591 e. The van der Waals surface area contributed by atoms with Crippen LogP contribution in [-0.2, 0) is 11.3 Å². The number of hydrogen-bond donors (Lipinski definition) is 1. The van der Waals surface area contributed by atoms with E-state index in [-0.39, 0.29) is 0 Å². The Morgan fingerprint density at radius 3 is 2.75 bits per heavy atom. The average Bonchev–Trinajstić information content (AvgIpc) is 2.96. The highest BCUT2D eigenvalue weighted by molar-refractivity contribution is 7.10. The normalized spacial score (nSPS) is 10.8. The Kier molecular flexibility index (Phi) is 6.78. The van der Waals surface area contributed by atoms with E-state index in [1.807, 2.05) is 11.3 Å². The van der Waals surface area contributed by atoms with Gasteiger partial charge in [-0.15, -0.1) is 11.3 Å². The maximum Gasteiger partial charge on any atom is 0.0591 e. The van der Waals surface area contributed by atoms with E-state index in [4.69, 9.17) is 4.74 Å². The lowest BCUT2D eigenvalue weighted by molar-refractivity contribution is 0.133. The summed E-state index contributed by atoms with van der Waals surface area (Å²) in [6, 6.07) is 12.8. The van der Waals surface area contributed by atoms with Crippen LogP contribution in [0.4, 0.5) is 0 Å². The van der Waals surface area contributed by atoms with Gasteiger partial charge in [0.25, 0.3) is 0 Å². The number of rotatable bonds is 9. The zero-order valence-electron chi connectivity index (χ0n) is 12.1. The van der Waals surface area contributed by atoms with Crippen LogP contribution >= 0.6 is 11.3 Å². The molecule has 0 spiro atoms. The van der Waals surface area contributed by atoms with Crippen molar-refractivity contribution in [1.29, 1.82) is 0 Å². The van der Waals surface area contributed by atoms with Gasteiger partial charge >= 0.3 is 0 Å². The van der Waals surface area contributed by atoms with Gasteiger partial charge in [-0.3, -0.25) is 0 Å². The molecule has 0 aliphatic heterocycles. The van der Waals surface area contributed by atoms with Crippen LogP contribution in [0.15, 0.2) is 41.8 Å². The minimum absolute atomic E-state index is 0.802. The Balaban J connectivity index is 1.69. The molecule has 1 aromatic heterocycles. The van der Waals surface area contributed by atoms with Crippen molar-refractivity contribution in [1.82, 2.24) is 5.32 Å². The molecule has 0 saturated heterocycles. The molecule has 1 aromatic carbocycles. The standard InChI is InChI=1S/C17H23NOS/c1-2-3-10-19-11-9-18-13-17-12-16(14-20-17)15-7-5-4-6-8-15/h4-8,12,14,18H,2-3,9-11,13H2,1H3. The molecule has 0 fully saturated rings. The van der Waals surface area contributed by atoms with Crippen molar-refractivity contribution in [2.45, 2.75) is 26.3 Å². The highest BCUT2D eigenvalue weighted by Crippen LogP contribution is 2.25. The molecule has 1 N–H and O–H groups in total. The molecule has 1 heterocycles. The van der Waals surface area contributed by atoms with Gasteiger partial charge < -0.3 is 10.1 Å². The molecule has 0 aliphatic carbocycles. The van der Waals surface area contributed by atoms with Gasteiger partial charge in [0.2, 0.25) is 0 Å². The number of nitrogens with one attached hydrogen (secondary N) is 1. The van der Waals surface area contributed by atoms with E-state index in [1.54, 1.807) is 0 Å². The van der Waals surface area contributed by atoms with E-state index in [2.05, 4.69) is 54.0 Å². The van der Waals surface area contributed by atoms with E-state index in [0.717, 1.165) is 32.7 Å². The maximum absolute atomic E-state index is 5.53. The molecule has 2 nitrogen and oxygen atoms in total. The fourth-order valence-electron chi connectivity index (χ4n) is 1.96. The first-order chi connectivity index (χ1) is 9.90. The van der Waals surface area contributed by atoms with Crippen LogP contribution in [0.2, 0.25) is 0 Å². The fourth-order valence-corrected chi connectivity index (χ4v) is 2.82. The van der Waals surface area contributed by atoms with Crippen LogP contribution in [0, 0.1) is 0 Å². The molecule has 108 valence electrons. The zero-order chi connectivity index (χ0) is 14.0. The van der Waals surface area contributed by atoms with Crippen LogP contribution in [0.25, 0.3) is 11.1 Å². The predicted molar refractivity (Wildman–Crippen MR) is 87.2 cm³/mol. The van der Waals surface area contributed by atoms with E-state index in [9.17, 15) is 0 Å². The van der Waals surface area contributed by atoms with Crippen LogP contribution in [0.3, 0.4) is 0 Å². The largest absolute Gasteiger partial charge is 0.380 e. The van der Waals surface area contributed by atoms with Gasteiger partial charge in [-0.25, -0.2) is 0 Å². The lowest BCUT2D eigenvalue weighted by atomic mass is 10.1. The van der Waals surface area contributed by atoms with Crippen LogP contribution in [0.5, 0.6) is 0 Å². The van der Waals surface area contributed by atoms with E-state index >= 15 is 0 Å². The lowest BCUT2D eigenvalue weighted by Gasteiger charge is -2.04. The summed E-state index contributed by atoms with van der Waals surface area (Å²) in [6.45, 7) is 5.71. The third-order valence-electron chi connectivity index (χ3n) is 3.13. The van der Waals surface area contributed by atoms with Gasteiger partial charge in [0.1, 0.15) is 0 Å². The monoisotopic (exact) mass is 289 g/mol. The molecular weight excluding hydrogens is 266 g/mol. The summed E-state index contributed by atoms with van der Waals surface area (Å²) in [5.41, 5.74) is 2.60. The fraction of sp³-hybridized carbons (Fsp3) is 0.412. The second-order valence-electron chi connectivity index (χ2n) is 4.81. The molecule has 3 heteroatoms. The van der Waals surface area contributed by atoms with Crippen LogP contribution in [-0.4, -0.2) is 19.8 Å². The molecule has 2 aromatic rings. The van der Waals surface area contributed by atoms with Crippen molar-refractivity contribution < 1.29 is 4.74 Å². The first-order valence-corrected chi connectivity index (χ1v) is 8.19. The van der Waals surface area contributed by atoms with Crippen molar-refractivity contribution in [3.8, 4) is 11.1 Å². The molecule has 0 amide bonds. The molecule has 20 heavy (non-hydrogen) atoms. The third kappa shape index (κ3) is 5.08. The van der Waals surface area contributed by atoms with Gasteiger partial charge in [-0.2, -0.15) is 0 Å². The van der Waals surface area contributed by atoms with Crippen molar-refractivity contribution >= 4 is 11.3 Å². The Morgan fingerprint density at radius 1 is 1.10 bits per heavy atom. The second kappa shape index (κ2) is 8.90. The van der Waals surface area contributed by atoms with Gasteiger partial charge in [0.05, 0.1) is 6.61 Å². The Bertz CT molecular complexity index is 481. The Morgan fingerprint density at radius 2 is 1.95 bits per heavy atom. The van der Waals surface area contributed by atoms with Gasteiger partial charge in [-0.05, 0) is 29.0 Å². The van der Waals surface area contributed by atoms with Crippen LogP contribution < -0.4 is 5.32 Å². The summed E-state index contributed by atoms with van der Waals surface area (Å²) < 4.78 is 5.53. The van der Waals surface area contributed by atoms with Gasteiger partial charge in [-0.1, -0.05) is 43.7 Å². The summed E-state index contributed by atoms with van der Waals surface area (Å²) in [5.74, 6) is 0. The first kappa shape index (κ1) is 15.2. The summed E-state index contributed by atoms with van der Waals surface area (Å²) in [4.78, 5) is 1.37. The van der Waals surface area contributed by atoms with Gasteiger partial charge in [0, 0.05) is 24.6 Å². The van der Waals surface area contributed by atoms with E-state index in [0.29, 0.717) is 0 Å². The van der Waals surface area contributed by atoms with Crippen molar-refractivity contribution in [2.75, 3.05) is 19.8 Å². The summed E-state index contributed by atoms with van der Waals surface area (Å²) >= 11 is 1.81. The number of ether oxygens (including phenoxy) is 1. The Hall–Kier alpha value is -1.16. The SMILES string of the molecule is CCCCOCCNCc1cc(-c2ccccc2)cs1.